The predicted octanol–water partition coefficient (Wildman–Crippen LogP) is 1.46. The molecule has 0 atom stereocenters. The third-order valence-corrected chi connectivity index (χ3v) is 2.39. The minimum Gasteiger partial charge on any atom is -0.396 e. The van der Waals surface area contributed by atoms with Gasteiger partial charge in [0.25, 0.3) is 0 Å². The van der Waals surface area contributed by atoms with E-state index < -0.39 is 0 Å². The average molecular weight is 224 g/mol. The number of halogens is 1. The fraction of sp³-hybridized carbons (Fsp3) is 0.200. The molecule has 78 valence electrons. The first-order valence-electron chi connectivity index (χ1n) is 4.58. The lowest BCUT2D eigenvalue weighted by Crippen LogP contribution is -2.04. The van der Waals surface area contributed by atoms with Gasteiger partial charge < -0.3 is 5.11 Å². The van der Waals surface area contributed by atoms with Crippen LogP contribution in [0.5, 0.6) is 0 Å². The van der Waals surface area contributed by atoms with Crippen LogP contribution in [0.15, 0.2) is 30.5 Å². The molecule has 1 aromatic carbocycles. The van der Waals surface area contributed by atoms with Crippen molar-refractivity contribution in [3.63, 3.8) is 0 Å². The fourth-order valence-corrected chi connectivity index (χ4v) is 1.58. The Labute approximate surface area is 92.1 Å². The monoisotopic (exact) mass is 223 g/mol. The Morgan fingerprint density at radius 1 is 1.33 bits per heavy atom. The number of benzene rings is 1. The second-order valence-electron chi connectivity index (χ2n) is 3.06. The number of hydrogen-bond donors (Lipinski definition) is 1. The van der Waals surface area contributed by atoms with Crippen LogP contribution in [0.4, 0.5) is 0 Å². The van der Waals surface area contributed by atoms with Crippen LogP contribution in [0.1, 0.15) is 5.69 Å². The Morgan fingerprint density at radius 2 is 2.13 bits per heavy atom. The Hall–Kier alpha value is -1.39. The zero-order chi connectivity index (χ0) is 10.7. The SMILES string of the molecule is OCCc1cnnn1-c1ccccc1Cl. The maximum atomic E-state index is 8.88. The van der Waals surface area contributed by atoms with Crippen molar-refractivity contribution >= 4 is 11.6 Å². The summed E-state index contributed by atoms with van der Waals surface area (Å²) in [6.07, 6.45) is 2.14. The molecule has 0 aliphatic carbocycles. The molecule has 15 heavy (non-hydrogen) atoms. The summed E-state index contributed by atoms with van der Waals surface area (Å²) in [6.45, 7) is 0.0673. The molecule has 0 aliphatic heterocycles. The molecular weight excluding hydrogens is 214 g/mol. The highest BCUT2D eigenvalue weighted by Gasteiger charge is 2.08. The molecule has 1 aromatic heterocycles. The standard InChI is InChI=1S/C10H10ClN3O/c11-9-3-1-2-4-10(9)14-8(5-6-15)7-12-13-14/h1-4,7,15H,5-6H2. The van der Waals surface area contributed by atoms with E-state index in [2.05, 4.69) is 10.3 Å². The molecule has 0 spiro atoms. The first kappa shape index (κ1) is 10.1. The van der Waals surface area contributed by atoms with Crippen molar-refractivity contribution in [2.45, 2.75) is 6.42 Å². The summed E-state index contributed by atoms with van der Waals surface area (Å²) in [5.74, 6) is 0. The van der Waals surface area contributed by atoms with Gasteiger partial charge in [-0.2, -0.15) is 0 Å². The van der Waals surface area contributed by atoms with Gasteiger partial charge in [0.15, 0.2) is 0 Å². The molecule has 2 aromatic rings. The van der Waals surface area contributed by atoms with E-state index in [1.807, 2.05) is 18.2 Å². The highest BCUT2D eigenvalue weighted by atomic mass is 35.5. The van der Waals surface area contributed by atoms with Gasteiger partial charge in [-0.25, -0.2) is 4.68 Å². The topological polar surface area (TPSA) is 50.9 Å². The van der Waals surface area contributed by atoms with Crippen LogP contribution in [0.2, 0.25) is 5.02 Å². The summed E-state index contributed by atoms with van der Waals surface area (Å²) in [4.78, 5) is 0. The van der Waals surface area contributed by atoms with Gasteiger partial charge in [0, 0.05) is 13.0 Å². The van der Waals surface area contributed by atoms with Gasteiger partial charge in [-0.3, -0.25) is 0 Å². The minimum absolute atomic E-state index is 0.0673. The highest BCUT2D eigenvalue weighted by Crippen LogP contribution is 2.19. The highest BCUT2D eigenvalue weighted by molar-refractivity contribution is 6.32. The van der Waals surface area contributed by atoms with Crippen molar-refractivity contribution < 1.29 is 5.11 Å². The van der Waals surface area contributed by atoms with E-state index in [1.54, 1.807) is 16.9 Å². The van der Waals surface area contributed by atoms with E-state index in [0.29, 0.717) is 11.4 Å². The molecule has 0 fully saturated rings. The maximum Gasteiger partial charge on any atom is 0.0852 e. The summed E-state index contributed by atoms with van der Waals surface area (Å²) < 4.78 is 1.64. The molecule has 1 N–H and O–H groups in total. The van der Waals surface area contributed by atoms with Crippen LogP contribution in [-0.4, -0.2) is 26.7 Å². The van der Waals surface area contributed by atoms with Crippen molar-refractivity contribution in [3.05, 3.63) is 41.2 Å². The van der Waals surface area contributed by atoms with Crippen LogP contribution >= 0.6 is 11.6 Å². The smallest absolute Gasteiger partial charge is 0.0852 e. The van der Waals surface area contributed by atoms with E-state index in [1.165, 1.54) is 0 Å². The van der Waals surface area contributed by atoms with Crippen LogP contribution in [0.3, 0.4) is 0 Å². The zero-order valence-electron chi connectivity index (χ0n) is 7.97. The normalized spacial score (nSPS) is 10.5. The summed E-state index contributed by atoms with van der Waals surface area (Å²) in [7, 11) is 0. The minimum atomic E-state index is 0.0673. The Bertz CT molecular complexity index is 455. The zero-order valence-corrected chi connectivity index (χ0v) is 8.72. The van der Waals surface area contributed by atoms with Gasteiger partial charge in [0.05, 0.1) is 22.6 Å². The van der Waals surface area contributed by atoms with Gasteiger partial charge in [-0.1, -0.05) is 28.9 Å². The quantitative estimate of drug-likeness (QED) is 0.857. The molecular formula is C10H10ClN3O. The molecule has 0 bridgehead atoms. The Kier molecular flexibility index (Phi) is 2.99. The summed E-state index contributed by atoms with van der Waals surface area (Å²) in [5, 5.41) is 17.2. The second kappa shape index (κ2) is 4.42. The number of aliphatic hydroxyl groups is 1. The van der Waals surface area contributed by atoms with E-state index in [9.17, 15) is 0 Å². The van der Waals surface area contributed by atoms with E-state index in [-0.39, 0.29) is 6.61 Å². The average Bonchev–Trinajstić information content (AvgIpc) is 2.67. The third kappa shape index (κ3) is 2.00. The van der Waals surface area contributed by atoms with E-state index >= 15 is 0 Å². The van der Waals surface area contributed by atoms with Crippen molar-refractivity contribution in [1.82, 2.24) is 15.0 Å². The molecule has 5 heteroatoms. The lowest BCUT2D eigenvalue weighted by Gasteiger charge is -2.06. The van der Waals surface area contributed by atoms with Crippen LogP contribution in [-0.2, 0) is 6.42 Å². The number of aliphatic hydroxyl groups excluding tert-OH is 1. The summed E-state index contributed by atoms with van der Waals surface area (Å²) in [5.41, 5.74) is 1.62. The number of para-hydroxylation sites is 1. The fourth-order valence-electron chi connectivity index (χ4n) is 1.37. The molecule has 0 aliphatic rings. The molecule has 4 nitrogen and oxygen atoms in total. The van der Waals surface area contributed by atoms with Crippen LogP contribution in [0.25, 0.3) is 5.69 Å². The van der Waals surface area contributed by atoms with Gasteiger partial charge in [-0.05, 0) is 12.1 Å². The van der Waals surface area contributed by atoms with E-state index in [0.717, 1.165) is 11.4 Å². The number of rotatable bonds is 3. The van der Waals surface area contributed by atoms with E-state index in [4.69, 9.17) is 16.7 Å². The second-order valence-corrected chi connectivity index (χ2v) is 3.47. The molecule has 0 saturated heterocycles. The predicted molar refractivity (Wildman–Crippen MR) is 57.2 cm³/mol. The van der Waals surface area contributed by atoms with Crippen LogP contribution in [0, 0.1) is 0 Å². The number of nitrogens with zero attached hydrogens (tertiary/aromatic N) is 3. The van der Waals surface area contributed by atoms with Gasteiger partial charge in [0.1, 0.15) is 0 Å². The third-order valence-electron chi connectivity index (χ3n) is 2.07. The lowest BCUT2D eigenvalue weighted by molar-refractivity contribution is 0.297. The Balaban J connectivity index is 2.45. The summed E-state index contributed by atoms with van der Waals surface area (Å²) >= 11 is 6.04. The van der Waals surface area contributed by atoms with Crippen molar-refractivity contribution in [3.8, 4) is 5.69 Å². The number of hydrogen-bond acceptors (Lipinski definition) is 3. The Morgan fingerprint density at radius 3 is 2.87 bits per heavy atom. The largest absolute Gasteiger partial charge is 0.396 e. The van der Waals surface area contributed by atoms with Gasteiger partial charge in [-0.15, -0.1) is 5.10 Å². The molecule has 0 unspecified atom stereocenters. The molecule has 1 heterocycles. The number of aromatic nitrogens is 3. The van der Waals surface area contributed by atoms with Crippen molar-refractivity contribution in [2.24, 2.45) is 0 Å². The van der Waals surface area contributed by atoms with Gasteiger partial charge >= 0.3 is 0 Å². The van der Waals surface area contributed by atoms with Crippen LogP contribution < -0.4 is 0 Å². The van der Waals surface area contributed by atoms with Crippen molar-refractivity contribution in [2.75, 3.05) is 6.61 Å². The van der Waals surface area contributed by atoms with Gasteiger partial charge in [0.2, 0.25) is 0 Å². The molecule has 2 rings (SSSR count). The maximum absolute atomic E-state index is 8.88. The molecule has 0 saturated carbocycles. The first-order valence-corrected chi connectivity index (χ1v) is 4.96. The first-order chi connectivity index (χ1) is 7.33. The summed E-state index contributed by atoms with van der Waals surface area (Å²) in [6, 6.07) is 7.39. The molecule has 0 radical (unpaired) electrons. The van der Waals surface area contributed by atoms with Crippen molar-refractivity contribution in [1.29, 1.82) is 0 Å². The molecule has 0 amide bonds. The lowest BCUT2D eigenvalue weighted by atomic mass is 10.3.